The highest BCUT2D eigenvalue weighted by molar-refractivity contribution is 6.32. The van der Waals surface area contributed by atoms with Crippen LogP contribution in [-0.2, 0) is 12.3 Å². The first-order valence-electron chi connectivity index (χ1n) is 3.51. The summed E-state index contributed by atoms with van der Waals surface area (Å²) in [7, 11) is 0. The van der Waals surface area contributed by atoms with E-state index in [9.17, 15) is 4.39 Å². The van der Waals surface area contributed by atoms with Crippen LogP contribution in [0.25, 0.3) is 0 Å². The van der Waals surface area contributed by atoms with E-state index in [0.717, 1.165) is 11.1 Å². The largest absolute Gasteiger partial charge is 0.207 e. The molecule has 0 saturated heterocycles. The summed E-state index contributed by atoms with van der Waals surface area (Å²) in [6, 6.07) is 2.68. The van der Waals surface area contributed by atoms with Crippen LogP contribution in [0.3, 0.4) is 0 Å². The van der Waals surface area contributed by atoms with Gasteiger partial charge in [0.2, 0.25) is 0 Å². The van der Waals surface area contributed by atoms with Crippen LogP contribution in [0.5, 0.6) is 0 Å². The van der Waals surface area contributed by atoms with Crippen molar-refractivity contribution in [3.63, 3.8) is 0 Å². The number of rotatable bonds is 2. The molecule has 0 aliphatic heterocycles. The van der Waals surface area contributed by atoms with Crippen LogP contribution in [0, 0.1) is 12.7 Å². The fourth-order valence-electron chi connectivity index (χ4n) is 1.03. The highest BCUT2D eigenvalue weighted by atomic mass is 35.5. The van der Waals surface area contributed by atoms with E-state index in [1.165, 1.54) is 12.1 Å². The molecule has 0 saturated carbocycles. The van der Waals surface area contributed by atoms with Gasteiger partial charge in [-0.25, -0.2) is 4.39 Å². The van der Waals surface area contributed by atoms with Gasteiger partial charge in [-0.15, -0.1) is 11.6 Å². The van der Waals surface area contributed by atoms with Gasteiger partial charge in [0.15, 0.2) is 0 Å². The van der Waals surface area contributed by atoms with Gasteiger partial charge in [0.25, 0.3) is 0 Å². The van der Waals surface area contributed by atoms with Crippen LogP contribution < -0.4 is 0 Å². The summed E-state index contributed by atoms with van der Waals surface area (Å²) in [5, 5.41) is 0.378. The topological polar surface area (TPSA) is 0 Å². The smallest absolute Gasteiger partial charge is 0.124 e. The van der Waals surface area contributed by atoms with Crippen molar-refractivity contribution in [1.82, 2.24) is 0 Å². The van der Waals surface area contributed by atoms with Crippen LogP contribution in [0.4, 0.5) is 4.39 Å². The highest BCUT2D eigenvalue weighted by Crippen LogP contribution is 2.23. The molecule has 1 radical (unpaired) electrons. The minimum absolute atomic E-state index is 0.296. The number of alkyl halides is 1. The van der Waals surface area contributed by atoms with Crippen molar-refractivity contribution < 1.29 is 4.39 Å². The van der Waals surface area contributed by atoms with Gasteiger partial charge in [-0.2, -0.15) is 0 Å². The van der Waals surface area contributed by atoms with E-state index in [4.69, 9.17) is 23.2 Å². The molecule has 0 spiro atoms. The second-order valence-electron chi connectivity index (χ2n) is 2.41. The molecule has 1 rings (SSSR count). The lowest BCUT2D eigenvalue weighted by atomic mass is 10.1. The Kier molecular flexibility index (Phi) is 3.36. The molecule has 0 aliphatic rings. The van der Waals surface area contributed by atoms with Crippen LogP contribution in [0.15, 0.2) is 12.1 Å². The minimum Gasteiger partial charge on any atom is -0.207 e. The molecule has 0 bridgehead atoms. The lowest BCUT2D eigenvalue weighted by molar-refractivity contribution is 0.625. The average Bonchev–Trinajstić information content (AvgIpc) is 2.03. The molecule has 0 unspecified atom stereocenters. The van der Waals surface area contributed by atoms with Crippen molar-refractivity contribution in [2.45, 2.75) is 12.3 Å². The van der Waals surface area contributed by atoms with E-state index in [2.05, 4.69) is 6.92 Å². The summed E-state index contributed by atoms with van der Waals surface area (Å²) >= 11 is 11.4. The standard InChI is InChI=1S/C9H8Cl2F/c1-2-6-3-7(12)4-9(11)8(6)5-10/h3-4H,1-2,5H2. The van der Waals surface area contributed by atoms with E-state index in [-0.39, 0.29) is 5.82 Å². The molecule has 0 amide bonds. The molecule has 1 aromatic rings. The molecule has 0 fully saturated rings. The molecule has 0 aliphatic carbocycles. The monoisotopic (exact) mass is 205 g/mol. The Morgan fingerprint density at radius 2 is 2.08 bits per heavy atom. The Labute approximate surface area is 81.3 Å². The van der Waals surface area contributed by atoms with Gasteiger partial charge in [0.05, 0.1) is 0 Å². The molecule has 0 nitrogen and oxygen atoms in total. The molecule has 12 heavy (non-hydrogen) atoms. The first-order chi connectivity index (χ1) is 5.69. The Morgan fingerprint density at radius 3 is 2.58 bits per heavy atom. The minimum atomic E-state index is -0.340. The zero-order valence-corrected chi connectivity index (χ0v) is 7.92. The molecule has 65 valence electrons. The maximum absolute atomic E-state index is 12.8. The van der Waals surface area contributed by atoms with E-state index in [1.54, 1.807) is 0 Å². The zero-order chi connectivity index (χ0) is 9.14. The van der Waals surface area contributed by atoms with E-state index < -0.39 is 0 Å². The van der Waals surface area contributed by atoms with Crippen LogP contribution in [0.1, 0.15) is 11.1 Å². The number of halogens is 3. The third-order valence-electron chi connectivity index (χ3n) is 1.66. The Hall–Kier alpha value is -0.270. The van der Waals surface area contributed by atoms with Crippen molar-refractivity contribution in [2.24, 2.45) is 0 Å². The quantitative estimate of drug-likeness (QED) is 0.648. The molecular weight excluding hydrogens is 198 g/mol. The number of hydrogen-bond acceptors (Lipinski definition) is 0. The second kappa shape index (κ2) is 4.11. The van der Waals surface area contributed by atoms with Crippen molar-refractivity contribution in [2.75, 3.05) is 0 Å². The van der Waals surface area contributed by atoms with Crippen molar-refractivity contribution in [3.8, 4) is 0 Å². The lowest BCUT2D eigenvalue weighted by Gasteiger charge is -2.06. The van der Waals surface area contributed by atoms with Gasteiger partial charge in [0, 0.05) is 10.9 Å². The van der Waals surface area contributed by atoms with Crippen molar-refractivity contribution in [3.05, 3.63) is 41.0 Å². The van der Waals surface area contributed by atoms with Crippen LogP contribution in [-0.4, -0.2) is 0 Å². The van der Waals surface area contributed by atoms with Gasteiger partial charge in [-0.05, 0) is 36.6 Å². The summed E-state index contributed by atoms with van der Waals surface area (Å²) in [5.74, 6) is -0.0447. The average molecular weight is 206 g/mol. The fourth-order valence-corrected chi connectivity index (χ4v) is 1.71. The predicted molar refractivity (Wildman–Crippen MR) is 50.0 cm³/mol. The van der Waals surface area contributed by atoms with E-state index >= 15 is 0 Å². The summed E-state index contributed by atoms with van der Waals surface area (Å²) < 4.78 is 12.8. The van der Waals surface area contributed by atoms with Gasteiger partial charge in [-0.3, -0.25) is 0 Å². The Bertz CT molecular complexity index is 284. The molecule has 0 aromatic heterocycles. The fraction of sp³-hybridized carbons (Fsp3) is 0.222. The number of hydrogen-bond donors (Lipinski definition) is 0. The SMILES string of the molecule is [CH2]Cc1cc(F)cc(Cl)c1CCl. The normalized spacial score (nSPS) is 10.3. The molecule has 0 N–H and O–H groups in total. The van der Waals surface area contributed by atoms with E-state index in [0.29, 0.717) is 17.3 Å². The third-order valence-corrected chi connectivity index (χ3v) is 2.26. The van der Waals surface area contributed by atoms with Crippen LogP contribution >= 0.6 is 23.2 Å². The second-order valence-corrected chi connectivity index (χ2v) is 3.08. The molecule has 3 heteroatoms. The van der Waals surface area contributed by atoms with Gasteiger partial charge >= 0.3 is 0 Å². The van der Waals surface area contributed by atoms with Gasteiger partial charge in [0.1, 0.15) is 5.82 Å². The summed E-state index contributed by atoms with van der Waals surface area (Å²) in [6.07, 6.45) is 0.500. The first kappa shape index (κ1) is 9.82. The zero-order valence-electron chi connectivity index (χ0n) is 6.41. The molecule has 0 heterocycles. The van der Waals surface area contributed by atoms with E-state index in [1.807, 2.05) is 0 Å². The summed E-state index contributed by atoms with van der Waals surface area (Å²) in [6.45, 7) is 3.66. The van der Waals surface area contributed by atoms with Gasteiger partial charge < -0.3 is 0 Å². The Morgan fingerprint density at radius 1 is 1.42 bits per heavy atom. The van der Waals surface area contributed by atoms with Gasteiger partial charge in [-0.1, -0.05) is 11.6 Å². The Balaban J connectivity index is 3.24. The third kappa shape index (κ3) is 1.90. The molecule has 0 atom stereocenters. The molecule has 1 aromatic carbocycles. The molecular formula is C9H8Cl2F. The van der Waals surface area contributed by atoms with Crippen molar-refractivity contribution >= 4 is 23.2 Å². The highest BCUT2D eigenvalue weighted by Gasteiger charge is 2.06. The number of benzene rings is 1. The summed E-state index contributed by atoms with van der Waals surface area (Å²) in [5.41, 5.74) is 1.55. The summed E-state index contributed by atoms with van der Waals surface area (Å²) in [4.78, 5) is 0. The lowest BCUT2D eigenvalue weighted by Crippen LogP contribution is -1.92. The predicted octanol–water partition coefficient (Wildman–Crippen LogP) is 3.59. The first-order valence-corrected chi connectivity index (χ1v) is 4.42. The van der Waals surface area contributed by atoms with Crippen LogP contribution in [0.2, 0.25) is 5.02 Å². The van der Waals surface area contributed by atoms with Crippen molar-refractivity contribution in [1.29, 1.82) is 0 Å². The maximum Gasteiger partial charge on any atom is 0.124 e. The maximum atomic E-state index is 12.8.